The Morgan fingerprint density at radius 3 is 2.90 bits per heavy atom. The van der Waals surface area contributed by atoms with Gasteiger partial charge in [0.25, 0.3) is 0 Å². The Labute approximate surface area is 171 Å². The molecule has 1 aromatic rings. The zero-order chi connectivity index (χ0) is 20.6. The quantitative estimate of drug-likeness (QED) is 0.528. The summed E-state index contributed by atoms with van der Waals surface area (Å²) in [4.78, 5) is 16.9. The molecular formula is C25H25N3O. The van der Waals surface area contributed by atoms with Gasteiger partial charge in [-0.15, -0.1) is 0 Å². The first-order chi connectivity index (χ1) is 14.1. The highest BCUT2D eigenvalue weighted by molar-refractivity contribution is 6.07. The van der Waals surface area contributed by atoms with E-state index in [9.17, 15) is 4.79 Å². The fourth-order valence-corrected chi connectivity index (χ4v) is 3.25. The van der Waals surface area contributed by atoms with Crippen molar-refractivity contribution in [3.05, 3.63) is 108 Å². The SMILES string of the molecule is C=CC(=O)C1=C2/C=C/C=C(c3c[nH]nc3C/N=C(C)\C=C/C)/C=C\C2=CCC=C1. The lowest BCUT2D eigenvalue weighted by atomic mass is 9.93. The Morgan fingerprint density at radius 2 is 2.10 bits per heavy atom. The molecule has 0 radical (unpaired) electrons. The summed E-state index contributed by atoms with van der Waals surface area (Å²) in [6, 6.07) is 0. The first-order valence-corrected chi connectivity index (χ1v) is 9.65. The fourth-order valence-electron chi connectivity index (χ4n) is 3.25. The molecule has 0 unspecified atom stereocenters. The summed E-state index contributed by atoms with van der Waals surface area (Å²) < 4.78 is 0. The zero-order valence-electron chi connectivity index (χ0n) is 16.9. The number of carbonyl (C=O) groups excluding carboxylic acids is 1. The van der Waals surface area contributed by atoms with Crippen molar-refractivity contribution in [3.63, 3.8) is 0 Å². The number of ketones is 1. The molecule has 4 heteroatoms. The van der Waals surface area contributed by atoms with Crippen LogP contribution in [0.2, 0.25) is 0 Å². The van der Waals surface area contributed by atoms with E-state index in [0.29, 0.717) is 12.1 Å². The first kappa shape index (κ1) is 20.2. The maximum atomic E-state index is 12.3. The summed E-state index contributed by atoms with van der Waals surface area (Å²) in [5.41, 5.74) is 6.52. The number of rotatable bonds is 6. The van der Waals surface area contributed by atoms with Crippen molar-refractivity contribution < 1.29 is 4.79 Å². The summed E-state index contributed by atoms with van der Waals surface area (Å²) in [5.74, 6) is -0.0710. The van der Waals surface area contributed by atoms with Gasteiger partial charge in [0.1, 0.15) is 0 Å². The average Bonchev–Trinajstić information content (AvgIpc) is 3.08. The molecule has 2 aliphatic carbocycles. The van der Waals surface area contributed by atoms with Crippen LogP contribution in [0.25, 0.3) is 5.57 Å². The highest BCUT2D eigenvalue weighted by Gasteiger charge is 2.15. The van der Waals surface area contributed by atoms with Crippen LogP contribution in [0.3, 0.4) is 0 Å². The van der Waals surface area contributed by atoms with Gasteiger partial charge in [-0.1, -0.05) is 61.3 Å². The van der Waals surface area contributed by atoms with E-state index in [0.717, 1.165) is 40.1 Å². The number of aromatic nitrogens is 2. The molecule has 0 bridgehead atoms. The number of hydrogen-bond acceptors (Lipinski definition) is 3. The molecule has 3 rings (SSSR count). The molecule has 0 aliphatic heterocycles. The fraction of sp³-hybridized carbons (Fsp3) is 0.160. The number of carbonyl (C=O) groups is 1. The third-order valence-electron chi connectivity index (χ3n) is 4.71. The molecule has 0 amide bonds. The van der Waals surface area contributed by atoms with Crippen LogP contribution in [0, 0.1) is 0 Å². The molecule has 0 atom stereocenters. The van der Waals surface area contributed by atoms with Crippen LogP contribution >= 0.6 is 0 Å². The van der Waals surface area contributed by atoms with Gasteiger partial charge in [-0.25, -0.2) is 0 Å². The highest BCUT2D eigenvalue weighted by Crippen LogP contribution is 2.28. The maximum Gasteiger partial charge on any atom is 0.185 e. The van der Waals surface area contributed by atoms with Crippen LogP contribution in [0.5, 0.6) is 0 Å². The molecular weight excluding hydrogens is 358 g/mol. The molecule has 1 heterocycles. The van der Waals surface area contributed by atoms with E-state index < -0.39 is 0 Å². The third-order valence-corrected chi connectivity index (χ3v) is 4.71. The number of H-pyrrole nitrogens is 1. The molecule has 0 aromatic carbocycles. The van der Waals surface area contributed by atoms with Crippen molar-refractivity contribution in [1.82, 2.24) is 10.2 Å². The van der Waals surface area contributed by atoms with Gasteiger partial charge < -0.3 is 0 Å². The van der Waals surface area contributed by atoms with Crippen LogP contribution in [0.1, 0.15) is 31.5 Å². The predicted molar refractivity (Wildman–Crippen MR) is 121 cm³/mol. The largest absolute Gasteiger partial charge is 0.289 e. The lowest BCUT2D eigenvalue weighted by Crippen LogP contribution is -2.01. The predicted octanol–water partition coefficient (Wildman–Crippen LogP) is 5.39. The third kappa shape index (κ3) is 4.85. The average molecular weight is 383 g/mol. The number of allylic oxidation sites excluding steroid dienone is 15. The molecule has 0 fully saturated rings. The minimum atomic E-state index is -0.0710. The Bertz CT molecular complexity index is 1050. The normalized spacial score (nSPS) is 20.8. The van der Waals surface area contributed by atoms with Crippen molar-refractivity contribution in [2.75, 3.05) is 0 Å². The van der Waals surface area contributed by atoms with Gasteiger partial charge >= 0.3 is 0 Å². The molecule has 29 heavy (non-hydrogen) atoms. The van der Waals surface area contributed by atoms with Gasteiger partial charge in [0.15, 0.2) is 5.78 Å². The molecule has 0 saturated heterocycles. The van der Waals surface area contributed by atoms with Crippen molar-refractivity contribution in [1.29, 1.82) is 0 Å². The van der Waals surface area contributed by atoms with Gasteiger partial charge in [0.05, 0.1) is 12.2 Å². The van der Waals surface area contributed by atoms with Gasteiger partial charge in [0.2, 0.25) is 0 Å². The Morgan fingerprint density at radius 1 is 1.28 bits per heavy atom. The molecule has 0 saturated carbocycles. The molecule has 0 spiro atoms. The van der Waals surface area contributed by atoms with E-state index in [1.165, 1.54) is 6.08 Å². The second kappa shape index (κ2) is 9.60. The number of fused-ring (bicyclic) bond motifs is 1. The number of aromatic amines is 1. The second-order valence-electron chi connectivity index (χ2n) is 6.71. The highest BCUT2D eigenvalue weighted by atomic mass is 16.1. The summed E-state index contributed by atoms with van der Waals surface area (Å²) in [6.45, 7) is 8.09. The van der Waals surface area contributed by atoms with Gasteiger partial charge in [0, 0.05) is 23.0 Å². The Balaban J connectivity index is 1.97. The van der Waals surface area contributed by atoms with E-state index in [1.807, 2.05) is 62.6 Å². The lowest BCUT2D eigenvalue weighted by molar-refractivity contribution is -0.111. The maximum absolute atomic E-state index is 12.3. The van der Waals surface area contributed by atoms with Crippen LogP contribution in [0.15, 0.2) is 101 Å². The smallest absolute Gasteiger partial charge is 0.185 e. The molecule has 146 valence electrons. The number of nitrogens with zero attached hydrogens (tertiary/aromatic N) is 2. The van der Waals surface area contributed by atoms with Gasteiger partial charge in [-0.3, -0.25) is 14.9 Å². The van der Waals surface area contributed by atoms with E-state index in [1.54, 1.807) is 0 Å². The lowest BCUT2D eigenvalue weighted by Gasteiger charge is -2.10. The summed E-state index contributed by atoms with van der Waals surface area (Å²) >= 11 is 0. The number of aliphatic imine (C=N–C) groups is 1. The van der Waals surface area contributed by atoms with Crippen molar-refractivity contribution in [2.45, 2.75) is 26.8 Å². The minimum absolute atomic E-state index is 0.0710. The topological polar surface area (TPSA) is 58.1 Å². The van der Waals surface area contributed by atoms with E-state index in [-0.39, 0.29) is 5.78 Å². The van der Waals surface area contributed by atoms with Crippen LogP contribution in [0.4, 0.5) is 0 Å². The number of nitrogens with one attached hydrogen (secondary N) is 1. The van der Waals surface area contributed by atoms with Gasteiger partial charge in [-0.2, -0.15) is 5.10 Å². The molecule has 4 nitrogen and oxygen atoms in total. The van der Waals surface area contributed by atoms with Crippen molar-refractivity contribution in [2.24, 2.45) is 4.99 Å². The zero-order valence-corrected chi connectivity index (χ0v) is 16.9. The van der Waals surface area contributed by atoms with Crippen LogP contribution in [-0.2, 0) is 11.3 Å². The van der Waals surface area contributed by atoms with Crippen LogP contribution < -0.4 is 0 Å². The number of hydrogen-bond donors (Lipinski definition) is 1. The van der Waals surface area contributed by atoms with Crippen molar-refractivity contribution in [3.8, 4) is 0 Å². The summed E-state index contributed by atoms with van der Waals surface area (Å²) in [5, 5.41) is 7.33. The van der Waals surface area contributed by atoms with Crippen molar-refractivity contribution >= 4 is 17.1 Å². The second-order valence-corrected chi connectivity index (χ2v) is 6.71. The van der Waals surface area contributed by atoms with Gasteiger partial charge in [-0.05, 0) is 49.1 Å². The standard InChI is InChI=1S/C25H25N3O/c1-4-9-18(3)26-17-24-23(16-27-28-24)20-11-8-13-21-19(14-15-20)10-6-7-12-22(21)25(29)5-2/h4-5,7-16H,2,6,17H2,1,3H3,(H,27,28)/b9-4-,13-8+,15-14-,20-11-,26-18-. The van der Waals surface area contributed by atoms with E-state index in [2.05, 4.69) is 40.0 Å². The van der Waals surface area contributed by atoms with E-state index in [4.69, 9.17) is 0 Å². The summed E-state index contributed by atoms with van der Waals surface area (Å²) in [7, 11) is 0. The molecule has 1 N–H and O–H groups in total. The summed E-state index contributed by atoms with van der Waals surface area (Å²) in [6.07, 6.45) is 24.1. The van der Waals surface area contributed by atoms with E-state index >= 15 is 0 Å². The van der Waals surface area contributed by atoms with Crippen LogP contribution in [-0.4, -0.2) is 21.7 Å². The minimum Gasteiger partial charge on any atom is -0.289 e. The monoisotopic (exact) mass is 383 g/mol. The first-order valence-electron chi connectivity index (χ1n) is 9.65. The molecule has 2 aliphatic rings. The molecule has 1 aromatic heterocycles. The Kier molecular flexibility index (Phi) is 6.69. The Hall–Kier alpha value is -3.53.